The maximum Gasteiger partial charge on any atom is 0.230 e. The van der Waals surface area contributed by atoms with Crippen LogP contribution in [0.2, 0.25) is 0 Å². The summed E-state index contributed by atoms with van der Waals surface area (Å²) in [5, 5.41) is 0. The molecule has 2 aromatic carbocycles. The predicted octanol–water partition coefficient (Wildman–Crippen LogP) is 3.85. The molecule has 0 aromatic heterocycles. The average molecular weight is 335 g/mol. The van der Waals surface area contributed by atoms with Gasteiger partial charge < -0.3 is 9.64 Å². The molecule has 0 N–H and O–H groups in total. The number of carbonyl (C=O) groups excluding carboxylic acids is 1. The second kappa shape index (κ2) is 6.95. The van der Waals surface area contributed by atoms with Gasteiger partial charge in [0.2, 0.25) is 5.91 Å². The fourth-order valence-electron chi connectivity index (χ4n) is 2.79. The third-order valence-electron chi connectivity index (χ3n) is 3.94. The molecule has 2 aromatic rings. The summed E-state index contributed by atoms with van der Waals surface area (Å²) >= 11 is 0. The van der Waals surface area contributed by atoms with Crippen molar-refractivity contribution in [3.63, 3.8) is 0 Å². The Hall–Kier alpha value is -2.50. The van der Waals surface area contributed by atoms with Crippen LogP contribution in [0.15, 0.2) is 36.4 Å². The molecule has 0 aliphatic carbocycles. The maximum atomic E-state index is 13.8. The van der Waals surface area contributed by atoms with Crippen molar-refractivity contribution in [2.45, 2.75) is 19.3 Å². The molecular formula is C18H16F3NO2. The number of nitrogens with zero attached hydrogens (tertiary/aromatic N) is 1. The first kappa shape index (κ1) is 16.4. The Morgan fingerprint density at radius 2 is 1.83 bits per heavy atom. The summed E-state index contributed by atoms with van der Waals surface area (Å²) < 4.78 is 45.5. The number of anilines is 1. The molecule has 0 bridgehead atoms. The summed E-state index contributed by atoms with van der Waals surface area (Å²) in [6, 6.07) is 7.51. The van der Waals surface area contributed by atoms with Gasteiger partial charge in [-0.3, -0.25) is 4.79 Å². The summed E-state index contributed by atoms with van der Waals surface area (Å²) in [6.45, 7) is 0.527. The molecule has 1 amide bonds. The minimum Gasteiger partial charge on any atom is -0.493 e. The van der Waals surface area contributed by atoms with E-state index in [-0.39, 0.29) is 24.8 Å². The Labute approximate surface area is 137 Å². The molecule has 0 spiro atoms. The Morgan fingerprint density at radius 1 is 1.08 bits per heavy atom. The first-order valence-electron chi connectivity index (χ1n) is 7.71. The van der Waals surface area contributed by atoms with E-state index in [0.29, 0.717) is 36.4 Å². The second-order valence-corrected chi connectivity index (χ2v) is 5.59. The van der Waals surface area contributed by atoms with E-state index >= 15 is 0 Å². The van der Waals surface area contributed by atoms with E-state index in [0.717, 1.165) is 6.07 Å². The lowest BCUT2D eigenvalue weighted by Crippen LogP contribution is -2.36. The second-order valence-electron chi connectivity index (χ2n) is 5.59. The van der Waals surface area contributed by atoms with Crippen LogP contribution in [-0.4, -0.2) is 19.1 Å². The Kier molecular flexibility index (Phi) is 4.74. The highest BCUT2D eigenvalue weighted by molar-refractivity contribution is 5.94. The van der Waals surface area contributed by atoms with E-state index in [2.05, 4.69) is 0 Å². The number of halogens is 3. The van der Waals surface area contributed by atoms with Gasteiger partial charge in [-0.2, -0.15) is 0 Å². The Balaban J connectivity index is 1.65. The zero-order valence-electron chi connectivity index (χ0n) is 12.9. The van der Waals surface area contributed by atoms with Gasteiger partial charge in [0.05, 0.1) is 18.7 Å². The highest BCUT2D eigenvalue weighted by atomic mass is 19.1. The van der Waals surface area contributed by atoms with Crippen LogP contribution < -0.4 is 9.64 Å². The normalized spacial score (nSPS) is 13.5. The van der Waals surface area contributed by atoms with Gasteiger partial charge in [0.1, 0.15) is 23.2 Å². The zero-order valence-corrected chi connectivity index (χ0v) is 12.9. The van der Waals surface area contributed by atoms with Gasteiger partial charge in [-0.25, -0.2) is 13.2 Å². The van der Waals surface area contributed by atoms with Crippen LogP contribution in [-0.2, 0) is 11.2 Å². The van der Waals surface area contributed by atoms with Crippen molar-refractivity contribution in [3.8, 4) is 5.75 Å². The van der Waals surface area contributed by atoms with Crippen LogP contribution in [0.3, 0.4) is 0 Å². The van der Waals surface area contributed by atoms with Gasteiger partial charge in [0.15, 0.2) is 0 Å². The van der Waals surface area contributed by atoms with Crippen LogP contribution >= 0.6 is 0 Å². The smallest absolute Gasteiger partial charge is 0.230 e. The summed E-state index contributed by atoms with van der Waals surface area (Å²) in [6.07, 6.45) is 1.17. The molecule has 1 aliphatic heterocycles. The van der Waals surface area contributed by atoms with E-state index in [1.807, 2.05) is 0 Å². The van der Waals surface area contributed by atoms with Gasteiger partial charge in [-0.1, -0.05) is 0 Å². The molecule has 24 heavy (non-hydrogen) atoms. The lowest BCUT2D eigenvalue weighted by Gasteiger charge is -2.29. The third kappa shape index (κ3) is 3.53. The van der Waals surface area contributed by atoms with Gasteiger partial charge in [-0.15, -0.1) is 0 Å². The molecule has 0 radical (unpaired) electrons. The van der Waals surface area contributed by atoms with Crippen LogP contribution in [0.25, 0.3) is 0 Å². The number of carbonyl (C=O) groups is 1. The SMILES string of the molecule is O=C(CCOc1ccc(F)cc1)N1CCCc2c(F)cc(F)cc21. The molecule has 1 aliphatic rings. The Morgan fingerprint density at radius 3 is 2.58 bits per heavy atom. The van der Waals surface area contributed by atoms with Crippen molar-refractivity contribution >= 4 is 11.6 Å². The highest BCUT2D eigenvalue weighted by Gasteiger charge is 2.25. The van der Waals surface area contributed by atoms with Crippen molar-refractivity contribution in [1.82, 2.24) is 0 Å². The van der Waals surface area contributed by atoms with E-state index < -0.39 is 11.6 Å². The lowest BCUT2D eigenvalue weighted by molar-refractivity contribution is -0.119. The minimum atomic E-state index is -0.700. The molecule has 0 saturated carbocycles. The third-order valence-corrected chi connectivity index (χ3v) is 3.94. The Bertz CT molecular complexity index is 747. The maximum absolute atomic E-state index is 13.8. The van der Waals surface area contributed by atoms with Crippen molar-refractivity contribution < 1.29 is 22.7 Å². The zero-order chi connectivity index (χ0) is 17.1. The van der Waals surface area contributed by atoms with Crippen molar-refractivity contribution in [3.05, 3.63) is 59.4 Å². The van der Waals surface area contributed by atoms with E-state index in [1.165, 1.54) is 35.2 Å². The fourth-order valence-corrected chi connectivity index (χ4v) is 2.79. The molecule has 3 nitrogen and oxygen atoms in total. The van der Waals surface area contributed by atoms with E-state index in [1.54, 1.807) is 0 Å². The number of rotatable bonds is 4. The molecule has 0 atom stereocenters. The predicted molar refractivity (Wildman–Crippen MR) is 83.5 cm³/mol. The quantitative estimate of drug-likeness (QED) is 0.849. The average Bonchev–Trinajstić information content (AvgIpc) is 2.56. The minimum absolute atomic E-state index is 0.0644. The molecule has 0 unspecified atom stereocenters. The number of hydrogen-bond acceptors (Lipinski definition) is 2. The summed E-state index contributed by atoms with van der Waals surface area (Å²) in [7, 11) is 0. The first-order valence-corrected chi connectivity index (χ1v) is 7.71. The van der Waals surface area contributed by atoms with Crippen LogP contribution in [0.1, 0.15) is 18.4 Å². The molecule has 1 heterocycles. The molecule has 0 saturated heterocycles. The number of amides is 1. The first-order chi connectivity index (χ1) is 11.5. The number of hydrogen-bond donors (Lipinski definition) is 0. The van der Waals surface area contributed by atoms with E-state index in [4.69, 9.17) is 4.74 Å². The van der Waals surface area contributed by atoms with Crippen LogP contribution in [0, 0.1) is 17.5 Å². The topological polar surface area (TPSA) is 29.5 Å². The monoisotopic (exact) mass is 335 g/mol. The van der Waals surface area contributed by atoms with Gasteiger partial charge >= 0.3 is 0 Å². The van der Waals surface area contributed by atoms with E-state index in [9.17, 15) is 18.0 Å². The van der Waals surface area contributed by atoms with Crippen molar-refractivity contribution in [2.24, 2.45) is 0 Å². The van der Waals surface area contributed by atoms with Gasteiger partial charge in [-0.05, 0) is 43.2 Å². The van der Waals surface area contributed by atoms with Gasteiger partial charge in [0.25, 0.3) is 0 Å². The number of ether oxygens (including phenoxy) is 1. The largest absolute Gasteiger partial charge is 0.493 e. The standard InChI is InChI=1S/C18H16F3NO2/c19-12-3-5-14(6-4-12)24-9-7-18(23)22-8-1-2-15-16(21)10-13(20)11-17(15)22/h3-6,10-11H,1-2,7-9H2. The van der Waals surface area contributed by atoms with Crippen LogP contribution in [0.4, 0.5) is 18.9 Å². The molecule has 0 fully saturated rings. The van der Waals surface area contributed by atoms with Gasteiger partial charge in [0, 0.05) is 18.2 Å². The number of benzene rings is 2. The molecule has 126 valence electrons. The highest BCUT2D eigenvalue weighted by Crippen LogP contribution is 2.30. The molecule has 3 rings (SSSR count). The van der Waals surface area contributed by atoms with Crippen LogP contribution in [0.5, 0.6) is 5.75 Å². The summed E-state index contributed by atoms with van der Waals surface area (Å²) in [5.74, 6) is -1.49. The number of fused-ring (bicyclic) bond motifs is 1. The molecular weight excluding hydrogens is 319 g/mol. The van der Waals surface area contributed by atoms with Crippen molar-refractivity contribution in [2.75, 3.05) is 18.1 Å². The van der Waals surface area contributed by atoms with Crippen molar-refractivity contribution in [1.29, 1.82) is 0 Å². The molecule has 6 heteroatoms. The lowest BCUT2D eigenvalue weighted by atomic mass is 10.0. The fraction of sp³-hybridized carbons (Fsp3) is 0.278. The summed E-state index contributed by atoms with van der Waals surface area (Å²) in [4.78, 5) is 13.8. The summed E-state index contributed by atoms with van der Waals surface area (Å²) in [5.41, 5.74) is 0.668.